The van der Waals surface area contributed by atoms with Crippen LogP contribution in [0.4, 0.5) is 0 Å². The third-order valence-electron chi connectivity index (χ3n) is 2.78. The van der Waals surface area contributed by atoms with Crippen LogP contribution in [-0.4, -0.2) is 16.3 Å². The van der Waals surface area contributed by atoms with Gasteiger partial charge in [-0.05, 0) is 49.7 Å². The molecule has 0 saturated carbocycles. The molecule has 0 unspecified atom stereocenters. The summed E-state index contributed by atoms with van der Waals surface area (Å²) in [5, 5.41) is 7.92. The third kappa shape index (κ3) is 3.21. The predicted molar refractivity (Wildman–Crippen MR) is 78.0 cm³/mol. The lowest BCUT2D eigenvalue weighted by Gasteiger charge is -2.04. The monoisotopic (exact) mass is 307 g/mol. The van der Waals surface area contributed by atoms with Crippen LogP contribution < -0.4 is 5.32 Å². The van der Waals surface area contributed by atoms with Gasteiger partial charge in [-0.2, -0.15) is 5.10 Å². The SMILES string of the molecule is CCCNCc1ccn(-c2ccc(Br)c(C)c2)n1. The lowest BCUT2D eigenvalue weighted by molar-refractivity contribution is 0.656. The van der Waals surface area contributed by atoms with Crippen LogP contribution in [-0.2, 0) is 6.54 Å². The van der Waals surface area contributed by atoms with Crippen molar-refractivity contribution in [1.82, 2.24) is 15.1 Å². The average molecular weight is 308 g/mol. The van der Waals surface area contributed by atoms with Crippen LogP contribution in [0.15, 0.2) is 34.9 Å². The Morgan fingerprint density at radius 1 is 1.33 bits per heavy atom. The van der Waals surface area contributed by atoms with Crippen LogP contribution in [0.1, 0.15) is 24.6 Å². The molecule has 2 rings (SSSR count). The zero-order chi connectivity index (χ0) is 13.0. The molecule has 1 aromatic heterocycles. The highest BCUT2D eigenvalue weighted by atomic mass is 79.9. The van der Waals surface area contributed by atoms with E-state index in [0.717, 1.165) is 35.4 Å². The first-order valence-electron chi connectivity index (χ1n) is 6.22. The first-order chi connectivity index (χ1) is 8.70. The average Bonchev–Trinajstić information content (AvgIpc) is 2.82. The van der Waals surface area contributed by atoms with Crippen LogP contribution in [0.3, 0.4) is 0 Å². The minimum absolute atomic E-state index is 0.830. The van der Waals surface area contributed by atoms with Crippen molar-refractivity contribution < 1.29 is 0 Å². The van der Waals surface area contributed by atoms with Crippen molar-refractivity contribution in [2.24, 2.45) is 0 Å². The van der Waals surface area contributed by atoms with Crippen LogP contribution in [0.25, 0.3) is 5.69 Å². The molecule has 0 saturated heterocycles. The molecule has 0 bridgehead atoms. The van der Waals surface area contributed by atoms with Gasteiger partial charge in [0.05, 0.1) is 11.4 Å². The Balaban J connectivity index is 2.11. The summed E-state index contributed by atoms with van der Waals surface area (Å²) in [6, 6.07) is 8.30. The van der Waals surface area contributed by atoms with E-state index in [0.29, 0.717) is 0 Å². The summed E-state index contributed by atoms with van der Waals surface area (Å²) in [6.07, 6.45) is 3.15. The lowest BCUT2D eigenvalue weighted by atomic mass is 10.2. The highest BCUT2D eigenvalue weighted by Crippen LogP contribution is 2.19. The first kappa shape index (κ1) is 13.3. The molecule has 0 atom stereocenters. The third-order valence-corrected chi connectivity index (χ3v) is 3.67. The van der Waals surface area contributed by atoms with E-state index in [4.69, 9.17) is 0 Å². The Bertz CT molecular complexity index is 520. The van der Waals surface area contributed by atoms with Gasteiger partial charge < -0.3 is 5.32 Å². The van der Waals surface area contributed by atoms with Crippen molar-refractivity contribution in [3.8, 4) is 5.69 Å². The molecule has 0 amide bonds. The molecule has 1 heterocycles. The Morgan fingerprint density at radius 2 is 2.17 bits per heavy atom. The molecule has 96 valence electrons. The largest absolute Gasteiger partial charge is 0.311 e. The quantitative estimate of drug-likeness (QED) is 0.858. The van der Waals surface area contributed by atoms with E-state index in [1.165, 1.54) is 5.56 Å². The topological polar surface area (TPSA) is 29.9 Å². The smallest absolute Gasteiger partial charge is 0.0766 e. The molecule has 2 aromatic rings. The molecule has 0 fully saturated rings. The summed E-state index contributed by atoms with van der Waals surface area (Å²) >= 11 is 3.51. The van der Waals surface area contributed by atoms with Gasteiger partial charge in [-0.3, -0.25) is 0 Å². The summed E-state index contributed by atoms with van der Waals surface area (Å²) in [4.78, 5) is 0. The Hall–Kier alpha value is -1.13. The second-order valence-corrected chi connectivity index (χ2v) is 5.22. The van der Waals surface area contributed by atoms with Crippen molar-refractivity contribution in [2.75, 3.05) is 6.54 Å². The summed E-state index contributed by atoms with van der Waals surface area (Å²) in [5.41, 5.74) is 3.38. The van der Waals surface area contributed by atoms with Gasteiger partial charge in [0.25, 0.3) is 0 Å². The zero-order valence-corrected chi connectivity index (χ0v) is 12.4. The molecule has 4 heteroatoms. The van der Waals surface area contributed by atoms with E-state index in [9.17, 15) is 0 Å². The van der Waals surface area contributed by atoms with Crippen molar-refractivity contribution in [3.63, 3.8) is 0 Å². The molecular formula is C14H18BrN3. The second kappa shape index (κ2) is 6.16. The summed E-state index contributed by atoms with van der Waals surface area (Å²) in [5.74, 6) is 0. The Labute approximate surface area is 116 Å². The number of nitrogens with one attached hydrogen (secondary N) is 1. The fraction of sp³-hybridized carbons (Fsp3) is 0.357. The highest BCUT2D eigenvalue weighted by Gasteiger charge is 2.02. The minimum atomic E-state index is 0.830. The van der Waals surface area contributed by atoms with E-state index in [2.05, 4.69) is 64.5 Å². The van der Waals surface area contributed by atoms with Gasteiger partial charge in [-0.25, -0.2) is 4.68 Å². The van der Waals surface area contributed by atoms with Crippen LogP contribution in [0.2, 0.25) is 0 Å². The zero-order valence-electron chi connectivity index (χ0n) is 10.8. The predicted octanol–water partition coefficient (Wildman–Crippen LogP) is 3.44. The maximum atomic E-state index is 4.56. The number of aryl methyl sites for hydroxylation is 1. The van der Waals surface area contributed by atoms with Crippen molar-refractivity contribution >= 4 is 15.9 Å². The van der Waals surface area contributed by atoms with E-state index in [1.807, 2.05) is 10.9 Å². The Kier molecular flexibility index (Phi) is 4.55. The van der Waals surface area contributed by atoms with Gasteiger partial charge in [0, 0.05) is 17.2 Å². The van der Waals surface area contributed by atoms with Crippen molar-refractivity contribution in [1.29, 1.82) is 0 Å². The maximum absolute atomic E-state index is 4.56. The molecule has 0 radical (unpaired) electrons. The van der Waals surface area contributed by atoms with Gasteiger partial charge in [-0.15, -0.1) is 0 Å². The van der Waals surface area contributed by atoms with Crippen LogP contribution in [0, 0.1) is 6.92 Å². The molecule has 3 nitrogen and oxygen atoms in total. The molecule has 0 aliphatic heterocycles. The normalized spacial score (nSPS) is 10.8. The van der Waals surface area contributed by atoms with E-state index < -0.39 is 0 Å². The number of hydrogen-bond donors (Lipinski definition) is 1. The number of nitrogens with zero attached hydrogens (tertiary/aromatic N) is 2. The summed E-state index contributed by atoms with van der Waals surface area (Å²) in [7, 11) is 0. The minimum Gasteiger partial charge on any atom is -0.311 e. The molecule has 18 heavy (non-hydrogen) atoms. The van der Waals surface area contributed by atoms with Crippen LogP contribution in [0.5, 0.6) is 0 Å². The highest BCUT2D eigenvalue weighted by molar-refractivity contribution is 9.10. The number of rotatable bonds is 5. The van der Waals surface area contributed by atoms with E-state index in [1.54, 1.807) is 0 Å². The van der Waals surface area contributed by atoms with Gasteiger partial charge in [-0.1, -0.05) is 22.9 Å². The van der Waals surface area contributed by atoms with Gasteiger partial charge in [0.2, 0.25) is 0 Å². The van der Waals surface area contributed by atoms with E-state index in [-0.39, 0.29) is 0 Å². The molecule has 1 aromatic carbocycles. The van der Waals surface area contributed by atoms with Crippen molar-refractivity contribution in [2.45, 2.75) is 26.8 Å². The van der Waals surface area contributed by atoms with Gasteiger partial charge in [0.1, 0.15) is 0 Å². The maximum Gasteiger partial charge on any atom is 0.0766 e. The fourth-order valence-electron chi connectivity index (χ4n) is 1.76. The van der Waals surface area contributed by atoms with E-state index >= 15 is 0 Å². The molecule has 0 aliphatic carbocycles. The van der Waals surface area contributed by atoms with Gasteiger partial charge in [0.15, 0.2) is 0 Å². The molecule has 0 spiro atoms. The fourth-order valence-corrected chi connectivity index (χ4v) is 2.01. The Morgan fingerprint density at radius 3 is 2.89 bits per heavy atom. The molecule has 0 aliphatic rings. The number of benzene rings is 1. The second-order valence-electron chi connectivity index (χ2n) is 4.36. The summed E-state index contributed by atoms with van der Waals surface area (Å²) in [6.45, 7) is 6.11. The standard InChI is InChI=1S/C14H18BrN3/c1-3-7-16-10-12-6-8-18(17-12)13-4-5-14(15)11(2)9-13/h4-6,8-9,16H,3,7,10H2,1-2H3. The first-order valence-corrected chi connectivity index (χ1v) is 7.02. The van der Waals surface area contributed by atoms with Gasteiger partial charge >= 0.3 is 0 Å². The van der Waals surface area contributed by atoms with Crippen molar-refractivity contribution in [3.05, 3.63) is 46.2 Å². The summed E-state index contributed by atoms with van der Waals surface area (Å²) < 4.78 is 3.05. The molecule has 1 N–H and O–H groups in total. The number of aromatic nitrogens is 2. The number of hydrogen-bond acceptors (Lipinski definition) is 2. The molecular weight excluding hydrogens is 290 g/mol. The lowest BCUT2D eigenvalue weighted by Crippen LogP contribution is -2.14. The number of halogens is 1. The van der Waals surface area contributed by atoms with Crippen LogP contribution >= 0.6 is 15.9 Å².